The second kappa shape index (κ2) is 7.44. The SMILES string of the molecule is Cl.NC1C2CCCC1CC(C(=O)NCc1csc(Br)c1)C2. The zero-order valence-corrected chi connectivity index (χ0v) is 15.1. The van der Waals surface area contributed by atoms with Crippen LogP contribution >= 0.6 is 39.7 Å². The van der Waals surface area contributed by atoms with Crippen LogP contribution in [-0.2, 0) is 11.3 Å². The molecule has 2 atom stereocenters. The number of halogens is 2. The Morgan fingerprint density at radius 1 is 1.38 bits per heavy atom. The van der Waals surface area contributed by atoms with Crippen molar-refractivity contribution in [2.45, 2.75) is 44.7 Å². The number of hydrogen-bond donors (Lipinski definition) is 2. The zero-order valence-electron chi connectivity index (χ0n) is 11.9. The average molecular weight is 394 g/mol. The van der Waals surface area contributed by atoms with E-state index < -0.39 is 0 Å². The van der Waals surface area contributed by atoms with E-state index in [9.17, 15) is 4.79 Å². The number of thiophene rings is 1. The quantitative estimate of drug-likeness (QED) is 0.822. The average Bonchev–Trinajstić information content (AvgIpc) is 2.81. The molecule has 1 aromatic rings. The Hall–Kier alpha value is -0.100. The van der Waals surface area contributed by atoms with Gasteiger partial charge in [-0.25, -0.2) is 0 Å². The van der Waals surface area contributed by atoms with Gasteiger partial charge in [-0.3, -0.25) is 4.79 Å². The molecule has 3 N–H and O–H groups in total. The maximum Gasteiger partial charge on any atom is 0.223 e. The Morgan fingerprint density at radius 3 is 2.62 bits per heavy atom. The number of nitrogens with one attached hydrogen (secondary N) is 1. The normalized spacial score (nSPS) is 31.3. The third-order valence-electron chi connectivity index (χ3n) is 4.87. The zero-order chi connectivity index (χ0) is 14.1. The van der Waals surface area contributed by atoms with Crippen LogP contribution in [0.5, 0.6) is 0 Å². The van der Waals surface area contributed by atoms with Crippen molar-refractivity contribution in [3.05, 3.63) is 20.8 Å². The molecule has 1 amide bonds. The lowest BCUT2D eigenvalue weighted by molar-refractivity contribution is -0.128. The van der Waals surface area contributed by atoms with Crippen molar-refractivity contribution in [2.24, 2.45) is 23.5 Å². The number of carbonyl (C=O) groups is 1. The minimum absolute atomic E-state index is 0. The number of hydrogen-bond acceptors (Lipinski definition) is 3. The van der Waals surface area contributed by atoms with Gasteiger partial charge in [0.15, 0.2) is 0 Å². The van der Waals surface area contributed by atoms with Gasteiger partial charge in [-0.05, 0) is 70.5 Å². The maximum absolute atomic E-state index is 12.4. The number of rotatable bonds is 3. The molecule has 2 bridgehead atoms. The van der Waals surface area contributed by atoms with E-state index in [-0.39, 0.29) is 24.2 Å². The van der Waals surface area contributed by atoms with Crippen LogP contribution in [-0.4, -0.2) is 11.9 Å². The minimum Gasteiger partial charge on any atom is -0.352 e. The van der Waals surface area contributed by atoms with Crippen molar-refractivity contribution in [3.8, 4) is 0 Å². The summed E-state index contributed by atoms with van der Waals surface area (Å²) in [6.07, 6.45) is 5.67. The van der Waals surface area contributed by atoms with Gasteiger partial charge in [-0.1, -0.05) is 6.42 Å². The summed E-state index contributed by atoms with van der Waals surface area (Å²) < 4.78 is 1.11. The molecule has 1 heterocycles. The highest BCUT2D eigenvalue weighted by Crippen LogP contribution is 2.41. The summed E-state index contributed by atoms with van der Waals surface area (Å²) >= 11 is 5.10. The molecule has 21 heavy (non-hydrogen) atoms. The van der Waals surface area contributed by atoms with E-state index in [0.29, 0.717) is 24.4 Å². The van der Waals surface area contributed by atoms with Crippen molar-refractivity contribution in [1.82, 2.24) is 5.32 Å². The molecule has 0 aromatic carbocycles. The second-order valence-corrected chi connectivity index (χ2v) is 8.46. The summed E-state index contributed by atoms with van der Waals surface area (Å²) in [4.78, 5) is 12.4. The fraction of sp³-hybridized carbons (Fsp3) is 0.667. The Balaban J connectivity index is 0.00000161. The van der Waals surface area contributed by atoms with Crippen LogP contribution in [0.25, 0.3) is 0 Å². The Morgan fingerprint density at radius 2 is 2.05 bits per heavy atom. The van der Waals surface area contributed by atoms with E-state index in [0.717, 1.165) is 16.6 Å². The molecule has 3 nitrogen and oxygen atoms in total. The third kappa shape index (κ3) is 4.01. The lowest BCUT2D eigenvalue weighted by Crippen LogP contribution is -2.49. The number of nitrogens with two attached hydrogens (primary N) is 1. The summed E-state index contributed by atoms with van der Waals surface area (Å²) in [5, 5.41) is 5.17. The topological polar surface area (TPSA) is 55.1 Å². The first kappa shape index (κ1) is 17.3. The van der Waals surface area contributed by atoms with E-state index in [4.69, 9.17) is 5.73 Å². The number of carbonyl (C=O) groups excluding carboxylic acids is 1. The predicted molar refractivity (Wildman–Crippen MR) is 92.6 cm³/mol. The van der Waals surface area contributed by atoms with Gasteiger partial charge >= 0.3 is 0 Å². The van der Waals surface area contributed by atoms with Crippen LogP contribution in [0.4, 0.5) is 0 Å². The third-order valence-corrected chi connectivity index (χ3v) is 6.43. The first-order valence-corrected chi connectivity index (χ1v) is 9.07. The van der Waals surface area contributed by atoms with Gasteiger partial charge in [0, 0.05) is 18.5 Å². The lowest BCUT2D eigenvalue weighted by Gasteiger charge is -2.43. The van der Waals surface area contributed by atoms with Crippen LogP contribution < -0.4 is 11.1 Å². The standard InChI is InChI=1S/C15H21BrN2OS.ClH/c16-13-4-9(8-20-13)7-18-15(19)12-5-10-2-1-3-11(6-12)14(10)17;/h4,8,10-12,14H,1-3,5-7,17H2,(H,18,19);1H. The van der Waals surface area contributed by atoms with Gasteiger partial charge in [-0.2, -0.15) is 0 Å². The van der Waals surface area contributed by atoms with Gasteiger partial charge < -0.3 is 11.1 Å². The summed E-state index contributed by atoms with van der Waals surface area (Å²) in [7, 11) is 0. The van der Waals surface area contributed by atoms with Crippen molar-refractivity contribution >= 4 is 45.6 Å². The van der Waals surface area contributed by atoms with E-state index in [1.807, 2.05) is 0 Å². The summed E-state index contributed by atoms with van der Waals surface area (Å²) in [5.74, 6) is 1.52. The number of amides is 1. The molecule has 118 valence electrons. The van der Waals surface area contributed by atoms with Gasteiger partial charge in [0.25, 0.3) is 0 Å². The van der Waals surface area contributed by atoms with E-state index in [1.54, 1.807) is 11.3 Å². The largest absolute Gasteiger partial charge is 0.352 e. The first-order valence-electron chi connectivity index (χ1n) is 7.39. The molecule has 0 aliphatic heterocycles. The van der Waals surface area contributed by atoms with Crippen LogP contribution in [0.1, 0.15) is 37.7 Å². The molecular weight excluding hydrogens is 372 g/mol. The highest BCUT2D eigenvalue weighted by molar-refractivity contribution is 9.11. The van der Waals surface area contributed by atoms with Crippen molar-refractivity contribution < 1.29 is 4.79 Å². The van der Waals surface area contributed by atoms with E-state index >= 15 is 0 Å². The van der Waals surface area contributed by atoms with Gasteiger partial charge in [0.05, 0.1) is 3.79 Å². The lowest BCUT2D eigenvalue weighted by atomic mass is 9.65. The first-order chi connectivity index (χ1) is 9.63. The Labute approximate surface area is 144 Å². The van der Waals surface area contributed by atoms with Gasteiger partial charge in [0.2, 0.25) is 5.91 Å². The highest BCUT2D eigenvalue weighted by Gasteiger charge is 2.40. The van der Waals surface area contributed by atoms with Crippen LogP contribution in [0.15, 0.2) is 15.2 Å². The second-order valence-electron chi connectivity index (χ2n) is 6.17. The molecule has 0 spiro atoms. The fourth-order valence-corrected chi connectivity index (χ4v) is 4.98. The molecule has 1 aromatic heterocycles. The summed E-state index contributed by atoms with van der Waals surface area (Å²) in [5.41, 5.74) is 7.45. The molecule has 2 aliphatic carbocycles. The van der Waals surface area contributed by atoms with Crippen LogP contribution in [0.2, 0.25) is 0 Å². The Bertz CT molecular complexity index is 482. The van der Waals surface area contributed by atoms with Crippen LogP contribution in [0.3, 0.4) is 0 Å². The predicted octanol–water partition coefficient (Wildman–Crippen LogP) is 3.70. The summed E-state index contributed by atoms with van der Waals surface area (Å²) in [6, 6.07) is 2.40. The summed E-state index contributed by atoms with van der Waals surface area (Å²) in [6.45, 7) is 0.638. The molecule has 2 aliphatic rings. The fourth-order valence-electron chi connectivity index (χ4n) is 3.78. The molecule has 6 heteroatoms. The van der Waals surface area contributed by atoms with Crippen molar-refractivity contribution in [2.75, 3.05) is 0 Å². The van der Waals surface area contributed by atoms with E-state index in [2.05, 4.69) is 32.7 Å². The molecular formula is C15H22BrClN2OS. The monoisotopic (exact) mass is 392 g/mol. The smallest absolute Gasteiger partial charge is 0.223 e. The van der Waals surface area contributed by atoms with E-state index in [1.165, 1.54) is 24.8 Å². The molecule has 2 saturated carbocycles. The molecule has 2 fully saturated rings. The Kier molecular flexibility index (Phi) is 6.12. The van der Waals surface area contributed by atoms with Crippen LogP contribution in [0, 0.1) is 17.8 Å². The van der Waals surface area contributed by atoms with Crippen molar-refractivity contribution in [1.29, 1.82) is 0 Å². The van der Waals surface area contributed by atoms with Gasteiger partial charge in [-0.15, -0.1) is 23.7 Å². The number of fused-ring (bicyclic) bond motifs is 2. The highest BCUT2D eigenvalue weighted by atomic mass is 79.9. The van der Waals surface area contributed by atoms with Crippen molar-refractivity contribution in [3.63, 3.8) is 0 Å². The maximum atomic E-state index is 12.4. The van der Waals surface area contributed by atoms with Gasteiger partial charge in [0.1, 0.15) is 0 Å². The molecule has 0 saturated heterocycles. The molecule has 3 rings (SSSR count). The molecule has 2 unspecified atom stereocenters. The molecule has 0 radical (unpaired) electrons. The minimum atomic E-state index is 0.